The van der Waals surface area contributed by atoms with Gasteiger partial charge in [-0.2, -0.15) is 13.2 Å². The summed E-state index contributed by atoms with van der Waals surface area (Å²) in [5.41, 5.74) is 0.916. The van der Waals surface area contributed by atoms with E-state index in [0.717, 1.165) is 16.9 Å². The van der Waals surface area contributed by atoms with E-state index in [-0.39, 0.29) is 13.2 Å². The molecule has 0 bridgehead atoms. The average Bonchev–Trinajstić information content (AvgIpc) is 2.41. The molecule has 0 atom stereocenters. The summed E-state index contributed by atoms with van der Waals surface area (Å²) in [5.74, 6) is -0.137. The van der Waals surface area contributed by atoms with Gasteiger partial charge >= 0.3 is 6.18 Å². The van der Waals surface area contributed by atoms with Crippen molar-refractivity contribution in [2.45, 2.75) is 26.4 Å². The number of carbonyl (C=O) groups is 1. The molecule has 0 aliphatic heterocycles. The third-order valence-electron chi connectivity index (χ3n) is 2.81. The number of benzene rings is 1. The molecule has 0 saturated carbocycles. The van der Waals surface area contributed by atoms with Crippen molar-refractivity contribution in [3.8, 4) is 5.75 Å². The second-order valence-corrected chi connectivity index (χ2v) is 4.27. The van der Waals surface area contributed by atoms with Gasteiger partial charge in [-0.25, -0.2) is 0 Å². The molecule has 1 amide bonds. The monoisotopic (exact) mass is 289 g/mol. The summed E-state index contributed by atoms with van der Waals surface area (Å²) in [6.07, 6.45) is -3.67. The van der Waals surface area contributed by atoms with Crippen LogP contribution in [0.5, 0.6) is 5.75 Å². The van der Waals surface area contributed by atoms with Gasteiger partial charge in [0, 0.05) is 6.54 Å². The van der Waals surface area contributed by atoms with E-state index in [2.05, 4.69) is 0 Å². The Kier molecular flexibility index (Phi) is 5.85. The van der Waals surface area contributed by atoms with Crippen LogP contribution in [0.25, 0.3) is 0 Å². The van der Waals surface area contributed by atoms with Crippen LogP contribution in [-0.4, -0.2) is 36.7 Å². The average molecular weight is 289 g/mol. The third kappa shape index (κ3) is 5.11. The summed E-state index contributed by atoms with van der Waals surface area (Å²) in [4.78, 5) is 12.5. The fourth-order valence-electron chi connectivity index (χ4n) is 1.76. The van der Waals surface area contributed by atoms with E-state index in [4.69, 9.17) is 4.74 Å². The number of aryl methyl sites for hydroxylation is 1. The number of carbonyl (C=O) groups excluding carboxylic acids is 1. The number of amides is 1. The smallest absolute Gasteiger partial charge is 0.406 e. The quantitative estimate of drug-likeness (QED) is 0.805. The van der Waals surface area contributed by atoms with Crippen LogP contribution in [0.1, 0.15) is 19.4 Å². The Morgan fingerprint density at radius 2 is 1.90 bits per heavy atom. The number of rotatable bonds is 6. The largest absolute Gasteiger partial charge is 0.483 e. The maximum Gasteiger partial charge on any atom is 0.406 e. The molecule has 0 radical (unpaired) electrons. The van der Waals surface area contributed by atoms with Crippen molar-refractivity contribution in [3.63, 3.8) is 0 Å². The number of nitrogens with zero attached hydrogens (tertiary/aromatic N) is 1. The van der Waals surface area contributed by atoms with Gasteiger partial charge in [0.2, 0.25) is 0 Å². The molecule has 0 N–H and O–H groups in total. The molecular formula is C14H18F3NO2. The van der Waals surface area contributed by atoms with E-state index in [1.54, 1.807) is 12.1 Å². The van der Waals surface area contributed by atoms with Gasteiger partial charge < -0.3 is 9.64 Å². The van der Waals surface area contributed by atoms with Crippen molar-refractivity contribution in [1.29, 1.82) is 0 Å². The lowest BCUT2D eigenvalue weighted by Gasteiger charge is -2.22. The number of hydrogen-bond acceptors (Lipinski definition) is 2. The van der Waals surface area contributed by atoms with Crippen LogP contribution in [0, 0.1) is 0 Å². The lowest BCUT2D eigenvalue weighted by Crippen LogP contribution is -2.41. The highest BCUT2D eigenvalue weighted by molar-refractivity contribution is 5.77. The van der Waals surface area contributed by atoms with Gasteiger partial charge in [-0.3, -0.25) is 4.79 Å². The number of hydrogen-bond donors (Lipinski definition) is 0. The molecule has 0 unspecified atom stereocenters. The van der Waals surface area contributed by atoms with Crippen LogP contribution < -0.4 is 4.74 Å². The van der Waals surface area contributed by atoms with Crippen molar-refractivity contribution in [2.24, 2.45) is 0 Å². The molecule has 0 saturated heterocycles. The van der Waals surface area contributed by atoms with Gasteiger partial charge in [0.05, 0.1) is 0 Å². The SMILES string of the molecule is CCc1ccccc1OCC(=O)N(CC)CC(F)(F)F. The zero-order chi connectivity index (χ0) is 15.2. The molecule has 0 aliphatic rings. The highest BCUT2D eigenvalue weighted by Crippen LogP contribution is 2.19. The van der Waals surface area contributed by atoms with Gasteiger partial charge in [-0.05, 0) is 25.0 Å². The number of ether oxygens (including phenoxy) is 1. The van der Waals surface area contributed by atoms with Crippen LogP contribution >= 0.6 is 0 Å². The highest BCUT2D eigenvalue weighted by Gasteiger charge is 2.32. The minimum absolute atomic E-state index is 0.00285. The molecule has 1 aromatic carbocycles. The maximum atomic E-state index is 12.3. The molecule has 1 aromatic rings. The predicted octanol–water partition coefficient (Wildman–Crippen LogP) is 3.04. The van der Waals surface area contributed by atoms with Crippen molar-refractivity contribution in [2.75, 3.05) is 19.7 Å². The second-order valence-electron chi connectivity index (χ2n) is 4.27. The van der Waals surface area contributed by atoms with Crippen LogP contribution in [0.3, 0.4) is 0 Å². The predicted molar refractivity (Wildman–Crippen MR) is 69.6 cm³/mol. The van der Waals surface area contributed by atoms with Gasteiger partial charge in [-0.15, -0.1) is 0 Å². The number of likely N-dealkylation sites (N-methyl/N-ethyl adjacent to an activating group) is 1. The molecule has 0 aromatic heterocycles. The van der Waals surface area contributed by atoms with E-state index < -0.39 is 18.6 Å². The minimum atomic E-state index is -4.40. The summed E-state index contributed by atoms with van der Waals surface area (Å²) in [6.45, 7) is 1.80. The Labute approximate surface area is 116 Å². The first-order valence-electron chi connectivity index (χ1n) is 6.42. The highest BCUT2D eigenvalue weighted by atomic mass is 19.4. The zero-order valence-corrected chi connectivity index (χ0v) is 11.5. The van der Waals surface area contributed by atoms with Crippen molar-refractivity contribution in [3.05, 3.63) is 29.8 Å². The summed E-state index contributed by atoms with van der Waals surface area (Å²) in [6, 6.07) is 7.15. The molecule has 6 heteroatoms. The van der Waals surface area contributed by atoms with E-state index in [1.807, 2.05) is 19.1 Å². The van der Waals surface area contributed by atoms with Crippen LogP contribution in [0.15, 0.2) is 24.3 Å². The van der Waals surface area contributed by atoms with E-state index in [1.165, 1.54) is 6.92 Å². The molecule has 20 heavy (non-hydrogen) atoms. The Bertz CT molecular complexity index is 446. The Balaban J connectivity index is 2.61. The lowest BCUT2D eigenvalue weighted by molar-refractivity contribution is -0.161. The van der Waals surface area contributed by atoms with Crippen LogP contribution in [-0.2, 0) is 11.2 Å². The normalized spacial score (nSPS) is 11.2. The summed E-state index contributed by atoms with van der Waals surface area (Å²) < 4.78 is 42.2. The molecular weight excluding hydrogens is 271 g/mol. The van der Waals surface area contributed by atoms with Gasteiger partial charge in [0.25, 0.3) is 5.91 Å². The molecule has 0 fully saturated rings. The number of halogens is 3. The Hall–Kier alpha value is -1.72. The van der Waals surface area contributed by atoms with Crippen LogP contribution in [0.4, 0.5) is 13.2 Å². The maximum absolute atomic E-state index is 12.3. The second kappa shape index (κ2) is 7.17. The topological polar surface area (TPSA) is 29.5 Å². The van der Waals surface area contributed by atoms with Crippen molar-refractivity contribution >= 4 is 5.91 Å². The summed E-state index contributed by atoms with van der Waals surface area (Å²) >= 11 is 0. The fraction of sp³-hybridized carbons (Fsp3) is 0.500. The minimum Gasteiger partial charge on any atom is -0.483 e. The molecule has 0 aliphatic carbocycles. The van der Waals surface area contributed by atoms with E-state index >= 15 is 0 Å². The third-order valence-corrected chi connectivity index (χ3v) is 2.81. The number of para-hydroxylation sites is 1. The summed E-state index contributed by atoms with van der Waals surface area (Å²) in [7, 11) is 0. The number of alkyl halides is 3. The van der Waals surface area contributed by atoms with Gasteiger partial charge in [-0.1, -0.05) is 25.1 Å². The molecule has 0 spiro atoms. The van der Waals surface area contributed by atoms with Gasteiger partial charge in [0.1, 0.15) is 12.3 Å². The van der Waals surface area contributed by atoms with Crippen molar-refractivity contribution < 1.29 is 22.7 Å². The Morgan fingerprint density at radius 1 is 1.25 bits per heavy atom. The molecule has 0 heterocycles. The molecule has 112 valence electrons. The fourth-order valence-corrected chi connectivity index (χ4v) is 1.76. The van der Waals surface area contributed by atoms with Gasteiger partial charge in [0.15, 0.2) is 6.61 Å². The first-order valence-corrected chi connectivity index (χ1v) is 6.42. The standard InChI is InChI=1S/C14H18F3NO2/c1-3-11-7-5-6-8-12(11)20-9-13(19)18(4-2)10-14(15,16)17/h5-8H,3-4,9-10H2,1-2H3. The molecule has 3 nitrogen and oxygen atoms in total. The van der Waals surface area contributed by atoms with Crippen LogP contribution in [0.2, 0.25) is 0 Å². The molecule has 1 rings (SSSR count). The Morgan fingerprint density at radius 3 is 2.45 bits per heavy atom. The first kappa shape index (κ1) is 16.3. The van der Waals surface area contributed by atoms with E-state index in [0.29, 0.717) is 5.75 Å². The summed E-state index contributed by atoms with van der Waals surface area (Å²) in [5, 5.41) is 0. The van der Waals surface area contributed by atoms with E-state index in [9.17, 15) is 18.0 Å². The lowest BCUT2D eigenvalue weighted by atomic mass is 10.1. The first-order chi connectivity index (χ1) is 9.37. The van der Waals surface area contributed by atoms with Crippen molar-refractivity contribution in [1.82, 2.24) is 4.90 Å². The zero-order valence-electron chi connectivity index (χ0n) is 11.5.